The van der Waals surface area contributed by atoms with E-state index in [2.05, 4.69) is 16.0 Å². The van der Waals surface area contributed by atoms with Crippen LogP contribution in [0.4, 0.5) is 5.69 Å². The first-order valence-corrected chi connectivity index (χ1v) is 9.27. The quantitative estimate of drug-likeness (QED) is 0.529. The van der Waals surface area contributed by atoms with Gasteiger partial charge in [-0.2, -0.15) is 4.99 Å². The van der Waals surface area contributed by atoms with Crippen molar-refractivity contribution in [3.8, 4) is 0 Å². The number of nitrogens with zero attached hydrogens (tertiary/aromatic N) is 2. The molecule has 0 unspecified atom stereocenters. The fourth-order valence-corrected chi connectivity index (χ4v) is 3.21. The molecule has 2 saturated heterocycles. The molecule has 0 saturated carbocycles. The number of hydrogen-bond acceptors (Lipinski definition) is 9. The summed E-state index contributed by atoms with van der Waals surface area (Å²) in [5.41, 5.74) is 0.664. The Bertz CT molecular complexity index is 804. The lowest BCUT2D eigenvalue weighted by Gasteiger charge is -2.28. The average molecular weight is 404 g/mol. The minimum absolute atomic E-state index is 0.0993. The first-order valence-electron chi connectivity index (χ1n) is 9.27. The van der Waals surface area contributed by atoms with E-state index in [9.17, 15) is 9.59 Å². The van der Waals surface area contributed by atoms with Crippen LogP contribution in [0, 0.1) is 0 Å². The van der Waals surface area contributed by atoms with E-state index in [1.807, 2.05) is 18.2 Å². The van der Waals surface area contributed by atoms with Gasteiger partial charge in [0.15, 0.2) is 24.3 Å². The third-order valence-electron chi connectivity index (χ3n) is 4.32. The van der Waals surface area contributed by atoms with Gasteiger partial charge in [0.25, 0.3) is 0 Å². The van der Waals surface area contributed by atoms with E-state index < -0.39 is 48.4 Å². The molecule has 0 aromatic heterocycles. The number of ether oxygens (including phenoxy) is 5. The molecule has 1 aromatic carbocycles. The van der Waals surface area contributed by atoms with Gasteiger partial charge in [-0.3, -0.25) is 9.59 Å². The molecule has 1 aromatic rings. The number of carbonyl (C=O) groups is 2. The molecule has 0 bridgehead atoms. The molecule has 3 rings (SSSR count). The van der Waals surface area contributed by atoms with Crippen LogP contribution in [0.5, 0.6) is 0 Å². The van der Waals surface area contributed by atoms with Crippen LogP contribution < -0.4 is 0 Å². The largest absolute Gasteiger partial charge is 0.463 e. The second kappa shape index (κ2) is 8.84. The number of benzene rings is 1. The normalized spacial score (nSPS) is 28.0. The third-order valence-corrected chi connectivity index (χ3v) is 4.32. The second-order valence-corrected chi connectivity index (χ2v) is 7.19. The van der Waals surface area contributed by atoms with Crippen LogP contribution in [-0.2, 0) is 33.3 Å². The highest BCUT2D eigenvalue weighted by Crippen LogP contribution is 2.40. The van der Waals surface area contributed by atoms with Gasteiger partial charge < -0.3 is 23.7 Å². The van der Waals surface area contributed by atoms with E-state index >= 15 is 0 Å². The van der Waals surface area contributed by atoms with Crippen molar-refractivity contribution in [1.82, 2.24) is 0 Å². The Labute approximate surface area is 168 Å². The van der Waals surface area contributed by atoms with Crippen molar-refractivity contribution in [2.45, 2.75) is 64.1 Å². The third kappa shape index (κ3) is 5.48. The number of carbonyl (C=O) groups excluding carboxylic acids is 2. The van der Waals surface area contributed by atoms with Crippen LogP contribution in [0.1, 0.15) is 27.7 Å². The average Bonchev–Trinajstić information content (AvgIpc) is 3.11. The Kier molecular flexibility index (Phi) is 6.44. The maximum Gasteiger partial charge on any atom is 0.303 e. The molecule has 9 heteroatoms. The van der Waals surface area contributed by atoms with Crippen LogP contribution in [0.3, 0.4) is 0 Å². The van der Waals surface area contributed by atoms with Crippen molar-refractivity contribution in [3.05, 3.63) is 30.3 Å². The summed E-state index contributed by atoms with van der Waals surface area (Å²) in [5, 5.41) is 0. The summed E-state index contributed by atoms with van der Waals surface area (Å²) in [4.78, 5) is 31.4. The predicted molar refractivity (Wildman–Crippen MR) is 101 cm³/mol. The van der Waals surface area contributed by atoms with Gasteiger partial charge >= 0.3 is 11.9 Å². The highest BCUT2D eigenvalue weighted by atomic mass is 16.8. The lowest BCUT2D eigenvalue weighted by atomic mass is 10.0. The van der Waals surface area contributed by atoms with Crippen LogP contribution in [0.25, 0.3) is 0 Å². The molecule has 2 fully saturated rings. The summed E-state index contributed by atoms with van der Waals surface area (Å²) in [5.74, 6) is -1.84. The molecule has 2 aliphatic heterocycles. The lowest BCUT2D eigenvalue weighted by molar-refractivity contribution is -0.221. The van der Waals surface area contributed by atoms with Crippen molar-refractivity contribution in [3.63, 3.8) is 0 Å². The molecule has 2 heterocycles. The number of rotatable bonds is 6. The summed E-state index contributed by atoms with van der Waals surface area (Å²) in [6.45, 7) is 5.98. The fourth-order valence-electron chi connectivity index (χ4n) is 3.21. The van der Waals surface area contributed by atoms with Crippen LogP contribution in [0.15, 0.2) is 40.3 Å². The van der Waals surface area contributed by atoms with Gasteiger partial charge in [0, 0.05) is 13.8 Å². The first-order chi connectivity index (χ1) is 13.7. The van der Waals surface area contributed by atoms with Gasteiger partial charge in [0.2, 0.25) is 0 Å². The summed E-state index contributed by atoms with van der Waals surface area (Å²) in [7, 11) is 0. The zero-order valence-electron chi connectivity index (χ0n) is 16.7. The first kappa shape index (κ1) is 21.1. The minimum atomic E-state index is -0.873. The molecular weight excluding hydrogens is 380 g/mol. The van der Waals surface area contributed by atoms with E-state index in [1.54, 1.807) is 26.0 Å². The van der Waals surface area contributed by atoms with E-state index in [1.165, 1.54) is 13.8 Å². The SMILES string of the molecule is CC(=O)OC[C@H](N=C=Nc1ccccc1)[C@H]1O[C@@H]2OC(C)(C)O[C@@H]2[C@H]1OC(C)=O. The van der Waals surface area contributed by atoms with Gasteiger partial charge in [-0.1, -0.05) is 18.2 Å². The predicted octanol–water partition coefficient (Wildman–Crippen LogP) is 2.23. The number of esters is 2. The van der Waals surface area contributed by atoms with E-state index in [0.29, 0.717) is 5.69 Å². The van der Waals surface area contributed by atoms with E-state index in [4.69, 9.17) is 23.7 Å². The molecule has 0 radical (unpaired) electrons. The fraction of sp³-hybridized carbons (Fsp3) is 0.550. The number of para-hydroxylation sites is 1. The van der Waals surface area contributed by atoms with Crippen LogP contribution in [0.2, 0.25) is 0 Å². The molecule has 0 spiro atoms. The smallest absolute Gasteiger partial charge is 0.303 e. The van der Waals surface area contributed by atoms with Gasteiger partial charge in [-0.15, -0.1) is 0 Å². The van der Waals surface area contributed by atoms with Gasteiger partial charge in [-0.05, 0) is 26.0 Å². The maximum atomic E-state index is 11.7. The molecular formula is C20H24N2O7. The highest BCUT2D eigenvalue weighted by Gasteiger charge is 2.58. The summed E-state index contributed by atoms with van der Waals surface area (Å²) >= 11 is 0. The molecule has 0 amide bonds. The van der Waals surface area contributed by atoms with Crippen molar-refractivity contribution in [1.29, 1.82) is 0 Å². The highest BCUT2D eigenvalue weighted by molar-refractivity contribution is 5.66. The summed E-state index contributed by atoms with van der Waals surface area (Å²) < 4.78 is 28.1. The zero-order valence-corrected chi connectivity index (χ0v) is 16.7. The number of hydrogen-bond donors (Lipinski definition) is 0. The Morgan fingerprint density at radius 3 is 2.55 bits per heavy atom. The van der Waals surface area contributed by atoms with Crippen LogP contribution >= 0.6 is 0 Å². The standard InChI is InChI=1S/C20H24N2O7/c1-12(23)25-10-15(22-11-21-14-8-6-5-7-9-14)16-17(26-13(2)24)18-19(27-16)29-20(3,4)28-18/h5-9,15-19H,10H2,1-4H3/t15-,16+,17-,18+,19+/m0/s1. The molecule has 0 N–H and O–H groups in total. The minimum Gasteiger partial charge on any atom is -0.463 e. The van der Waals surface area contributed by atoms with Gasteiger partial charge in [0.1, 0.15) is 18.8 Å². The van der Waals surface area contributed by atoms with Crippen molar-refractivity contribution in [2.75, 3.05) is 6.61 Å². The Morgan fingerprint density at radius 1 is 1.17 bits per heavy atom. The second-order valence-electron chi connectivity index (χ2n) is 7.19. The molecule has 9 nitrogen and oxygen atoms in total. The van der Waals surface area contributed by atoms with Crippen molar-refractivity contribution >= 4 is 23.6 Å². The number of fused-ring (bicyclic) bond motifs is 1. The Hall–Kier alpha value is -2.58. The Morgan fingerprint density at radius 2 is 1.90 bits per heavy atom. The van der Waals surface area contributed by atoms with Gasteiger partial charge in [0.05, 0.1) is 11.7 Å². The number of aliphatic imine (C=N–C) groups is 2. The molecule has 0 aliphatic carbocycles. The summed E-state index contributed by atoms with van der Waals surface area (Å²) in [6.07, 6.45) is -2.91. The topological polar surface area (TPSA) is 105 Å². The lowest BCUT2D eigenvalue weighted by Crippen LogP contribution is -2.44. The van der Waals surface area contributed by atoms with E-state index in [-0.39, 0.29) is 6.61 Å². The Balaban J connectivity index is 1.84. The molecule has 156 valence electrons. The molecule has 2 aliphatic rings. The molecule has 5 atom stereocenters. The monoisotopic (exact) mass is 404 g/mol. The molecule has 29 heavy (non-hydrogen) atoms. The van der Waals surface area contributed by atoms with Crippen molar-refractivity contribution < 1.29 is 33.3 Å². The maximum absolute atomic E-state index is 11.7. The van der Waals surface area contributed by atoms with Gasteiger partial charge in [-0.25, -0.2) is 4.99 Å². The zero-order chi connectivity index (χ0) is 21.0. The van der Waals surface area contributed by atoms with E-state index in [0.717, 1.165) is 0 Å². The van der Waals surface area contributed by atoms with Crippen molar-refractivity contribution in [2.24, 2.45) is 9.98 Å². The van der Waals surface area contributed by atoms with Crippen LogP contribution in [-0.4, -0.2) is 61.0 Å². The summed E-state index contributed by atoms with van der Waals surface area (Å²) in [6, 6.07) is 11.0.